The maximum atomic E-state index is 12.4. The fourth-order valence-electron chi connectivity index (χ4n) is 2.75. The van der Waals surface area contributed by atoms with Crippen molar-refractivity contribution in [2.75, 3.05) is 5.75 Å². The van der Waals surface area contributed by atoms with Crippen LogP contribution in [0, 0.1) is 6.92 Å². The normalized spacial score (nSPS) is 12.0. The third-order valence-electron chi connectivity index (χ3n) is 4.21. The molecule has 1 unspecified atom stereocenters. The van der Waals surface area contributed by atoms with Gasteiger partial charge in [0.1, 0.15) is 5.76 Å². The molecule has 8 heteroatoms. The third kappa shape index (κ3) is 4.74. The first-order chi connectivity index (χ1) is 13.5. The zero-order chi connectivity index (χ0) is 20.1. The number of aryl methyl sites for hydroxylation is 1. The van der Waals surface area contributed by atoms with Crippen LogP contribution in [0.2, 0.25) is 0 Å². The minimum Gasteiger partial charge on any atom is -0.469 e. The van der Waals surface area contributed by atoms with Gasteiger partial charge in [-0.3, -0.25) is 9.36 Å². The Labute approximate surface area is 176 Å². The van der Waals surface area contributed by atoms with E-state index in [2.05, 4.69) is 38.0 Å². The van der Waals surface area contributed by atoms with Crippen molar-refractivity contribution in [3.8, 4) is 11.4 Å². The molecule has 2 heterocycles. The lowest BCUT2D eigenvalue weighted by molar-refractivity contribution is -0.119. The van der Waals surface area contributed by atoms with Crippen LogP contribution in [0.15, 0.2) is 63.3 Å². The van der Waals surface area contributed by atoms with E-state index in [4.69, 9.17) is 4.42 Å². The number of furan rings is 1. The Morgan fingerprint density at radius 1 is 1.36 bits per heavy atom. The molecule has 0 aliphatic carbocycles. The molecule has 28 heavy (non-hydrogen) atoms. The first-order valence-corrected chi connectivity index (χ1v) is 10.5. The van der Waals surface area contributed by atoms with Crippen LogP contribution in [0.25, 0.3) is 11.4 Å². The average molecular weight is 461 g/mol. The molecule has 1 N–H and O–H groups in total. The van der Waals surface area contributed by atoms with E-state index in [9.17, 15) is 4.79 Å². The average Bonchev–Trinajstić information content (AvgIpc) is 3.26. The van der Waals surface area contributed by atoms with Crippen molar-refractivity contribution in [3.05, 3.63) is 65.0 Å². The Balaban J connectivity index is 1.66. The van der Waals surface area contributed by atoms with Crippen LogP contribution in [0.3, 0.4) is 0 Å². The summed E-state index contributed by atoms with van der Waals surface area (Å²) in [5, 5.41) is 12.2. The fourth-order valence-corrected chi connectivity index (χ4v) is 3.78. The van der Waals surface area contributed by atoms with Crippen molar-refractivity contribution in [2.24, 2.45) is 0 Å². The largest absolute Gasteiger partial charge is 0.469 e. The predicted octanol–water partition coefficient (Wildman–Crippen LogP) is 4.76. The van der Waals surface area contributed by atoms with Crippen LogP contribution in [-0.2, 0) is 11.3 Å². The Hall–Kier alpha value is -2.32. The van der Waals surface area contributed by atoms with Crippen LogP contribution in [0.4, 0.5) is 0 Å². The van der Waals surface area contributed by atoms with E-state index in [0.717, 1.165) is 21.4 Å². The molecular formula is C20H21BrN4O2S. The quantitative estimate of drug-likeness (QED) is 0.387. The number of halogens is 1. The second-order valence-electron chi connectivity index (χ2n) is 6.23. The molecule has 0 saturated carbocycles. The molecule has 6 nitrogen and oxygen atoms in total. The number of carbonyl (C=O) groups excluding carboxylic acids is 1. The number of aromatic nitrogens is 3. The van der Waals surface area contributed by atoms with Gasteiger partial charge < -0.3 is 9.73 Å². The number of allylic oxidation sites excluding steroid dienone is 1. The summed E-state index contributed by atoms with van der Waals surface area (Å²) >= 11 is 4.77. The number of nitrogens with zero attached hydrogens (tertiary/aromatic N) is 3. The van der Waals surface area contributed by atoms with E-state index in [0.29, 0.717) is 17.5 Å². The van der Waals surface area contributed by atoms with E-state index in [1.54, 1.807) is 12.3 Å². The zero-order valence-corrected chi connectivity index (χ0v) is 18.1. The maximum Gasteiger partial charge on any atom is 0.230 e. The number of rotatable bonds is 8. The van der Waals surface area contributed by atoms with Crippen molar-refractivity contribution in [3.63, 3.8) is 0 Å². The van der Waals surface area contributed by atoms with E-state index in [1.807, 2.05) is 48.7 Å². The molecule has 1 atom stereocenters. The molecule has 0 radical (unpaired) electrons. The maximum absolute atomic E-state index is 12.4. The minimum atomic E-state index is -0.0728. The Kier molecular flexibility index (Phi) is 6.74. The standard InChI is InChI=1S/C20H21BrN4O2S/c1-4-10-25-19(17-9-11-27-14(17)3)23-24-20(25)28-12-18(26)22-13(2)15-5-7-16(21)8-6-15/h4-9,11,13H,1,10,12H2,2-3H3,(H,22,26). The molecule has 2 aromatic heterocycles. The summed E-state index contributed by atoms with van der Waals surface area (Å²) in [6.07, 6.45) is 3.41. The van der Waals surface area contributed by atoms with Gasteiger partial charge in [-0.25, -0.2) is 0 Å². The Morgan fingerprint density at radius 2 is 2.11 bits per heavy atom. The third-order valence-corrected chi connectivity index (χ3v) is 5.70. The van der Waals surface area contributed by atoms with Crippen LogP contribution in [0.1, 0.15) is 24.3 Å². The second-order valence-corrected chi connectivity index (χ2v) is 8.08. The Bertz CT molecular complexity index is 965. The SMILES string of the molecule is C=CCn1c(SCC(=O)NC(C)c2ccc(Br)cc2)nnc1-c1ccoc1C. The van der Waals surface area contributed by atoms with Crippen molar-refractivity contribution < 1.29 is 9.21 Å². The van der Waals surface area contributed by atoms with Crippen LogP contribution < -0.4 is 5.32 Å². The van der Waals surface area contributed by atoms with Gasteiger partial charge in [-0.05, 0) is 37.6 Å². The number of nitrogens with one attached hydrogen (secondary N) is 1. The number of thioether (sulfide) groups is 1. The van der Waals surface area contributed by atoms with Crippen molar-refractivity contribution in [1.29, 1.82) is 0 Å². The van der Waals surface area contributed by atoms with E-state index in [-0.39, 0.29) is 17.7 Å². The molecule has 1 aromatic carbocycles. The molecular weight excluding hydrogens is 440 g/mol. The smallest absolute Gasteiger partial charge is 0.230 e. The highest BCUT2D eigenvalue weighted by Crippen LogP contribution is 2.27. The summed E-state index contributed by atoms with van der Waals surface area (Å²) < 4.78 is 8.31. The summed E-state index contributed by atoms with van der Waals surface area (Å²) in [7, 11) is 0. The molecule has 3 rings (SSSR count). The highest BCUT2D eigenvalue weighted by Gasteiger charge is 2.18. The van der Waals surface area contributed by atoms with Gasteiger partial charge in [0.25, 0.3) is 0 Å². The molecule has 1 amide bonds. The molecule has 0 fully saturated rings. The molecule has 146 valence electrons. The number of hydrogen-bond donors (Lipinski definition) is 1. The highest BCUT2D eigenvalue weighted by atomic mass is 79.9. The topological polar surface area (TPSA) is 73.0 Å². The molecule has 3 aromatic rings. The summed E-state index contributed by atoms with van der Waals surface area (Å²) in [6.45, 7) is 8.20. The van der Waals surface area contributed by atoms with Gasteiger partial charge in [0, 0.05) is 11.0 Å². The molecule has 0 bridgehead atoms. The van der Waals surface area contributed by atoms with Gasteiger partial charge in [-0.15, -0.1) is 16.8 Å². The minimum absolute atomic E-state index is 0.0605. The molecule has 0 aliphatic rings. The lowest BCUT2D eigenvalue weighted by Gasteiger charge is -2.14. The molecule has 0 saturated heterocycles. The van der Waals surface area contributed by atoms with Gasteiger partial charge in [0.2, 0.25) is 5.91 Å². The van der Waals surface area contributed by atoms with E-state index in [1.165, 1.54) is 11.8 Å². The van der Waals surface area contributed by atoms with Gasteiger partial charge in [-0.2, -0.15) is 0 Å². The van der Waals surface area contributed by atoms with Crippen LogP contribution >= 0.6 is 27.7 Å². The number of hydrogen-bond acceptors (Lipinski definition) is 5. The highest BCUT2D eigenvalue weighted by molar-refractivity contribution is 9.10. The summed E-state index contributed by atoms with van der Waals surface area (Å²) in [4.78, 5) is 12.4. The number of benzene rings is 1. The lowest BCUT2D eigenvalue weighted by Crippen LogP contribution is -2.28. The van der Waals surface area contributed by atoms with Gasteiger partial charge in [-0.1, -0.05) is 45.9 Å². The van der Waals surface area contributed by atoms with Crippen LogP contribution in [-0.4, -0.2) is 26.4 Å². The lowest BCUT2D eigenvalue weighted by atomic mass is 10.1. The van der Waals surface area contributed by atoms with E-state index >= 15 is 0 Å². The summed E-state index contributed by atoms with van der Waals surface area (Å²) in [5.41, 5.74) is 1.93. The van der Waals surface area contributed by atoms with Gasteiger partial charge >= 0.3 is 0 Å². The van der Waals surface area contributed by atoms with Crippen LogP contribution in [0.5, 0.6) is 0 Å². The number of carbonyl (C=O) groups is 1. The van der Waals surface area contributed by atoms with Crippen molar-refractivity contribution in [2.45, 2.75) is 31.6 Å². The van der Waals surface area contributed by atoms with Gasteiger partial charge in [0.15, 0.2) is 11.0 Å². The Morgan fingerprint density at radius 3 is 2.75 bits per heavy atom. The number of amides is 1. The summed E-state index contributed by atoms with van der Waals surface area (Å²) in [5.74, 6) is 1.67. The molecule has 0 aliphatic heterocycles. The van der Waals surface area contributed by atoms with E-state index < -0.39 is 0 Å². The summed E-state index contributed by atoms with van der Waals surface area (Å²) in [6, 6.07) is 9.69. The van der Waals surface area contributed by atoms with Crippen molar-refractivity contribution >= 4 is 33.6 Å². The first kappa shape index (κ1) is 20.4. The fraction of sp³-hybridized carbons (Fsp3) is 0.250. The molecule has 0 spiro atoms. The monoisotopic (exact) mass is 460 g/mol. The first-order valence-electron chi connectivity index (χ1n) is 8.75. The van der Waals surface area contributed by atoms with Gasteiger partial charge in [0.05, 0.1) is 23.6 Å². The predicted molar refractivity (Wildman–Crippen MR) is 114 cm³/mol. The zero-order valence-electron chi connectivity index (χ0n) is 15.7. The van der Waals surface area contributed by atoms with Crippen molar-refractivity contribution in [1.82, 2.24) is 20.1 Å². The second kappa shape index (κ2) is 9.25.